The molecule has 4 rings (SSSR count). The fourth-order valence-corrected chi connectivity index (χ4v) is 5.15. The van der Waals surface area contributed by atoms with Crippen LogP contribution in [0.15, 0.2) is 71.8 Å². The van der Waals surface area contributed by atoms with Crippen molar-refractivity contribution >= 4 is 63.8 Å². The summed E-state index contributed by atoms with van der Waals surface area (Å²) in [6.07, 6.45) is 1.01. The highest BCUT2D eigenvalue weighted by Gasteiger charge is 2.38. The molecule has 0 saturated heterocycles. The van der Waals surface area contributed by atoms with E-state index in [9.17, 15) is 28.8 Å². The van der Waals surface area contributed by atoms with Gasteiger partial charge in [0.2, 0.25) is 11.8 Å². The van der Waals surface area contributed by atoms with Gasteiger partial charge in [0, 0.05) is 18.2 Å². The van der Waals surface area contributed by atoms with Crippen molar-refractivity contribution in [1.29, 1.82) is 0 Å². The lowest BCUT2D eigenvalue weighted by molar-refractivity contribution is -0.125. The number of nitrogens with two attached hydrogens (primary N) is 1. The molecule has 14 heteroatoms. The smallest absolute Gasteiger partial charge is 0.332 e. The normalized spacial score (nSPS) is 15.3. The number of anilines is 2. The van der Waals surface area contributed by atoms with Gasteiger partial charge >= 0.3 is 6.03 Å². The zero-order valence-electron chi connectivity index (χ0n) is 25.7. The molecule has 0 aromatic heterocycles. The van der Waals surface area contributed by atoms with Crippen molar-refractivity contribution in [3.05, 3.63) is 72.3 Å². The Morgan fingerprint density at radius 1 is 1.00 bits per heavy atom. The molecule has 3 aromatic rings. The number of likely N-dealkylation sites (N-methyl/N-ethyl adjacent to an activating group) is 1. The standard InChI is InChI=1S/C32H36N8O6/c1-20(41)15-22(16-34-37-32(33)46)35-28(42)18-40-27-14-7-6-13-26(27)39(29(43)19-38(2)3)17-25(31(40)45)36-30(44)24-12-8-10-21-9-4-5-11-23(21)24/h4-14,16,22,25H,15,17-19H2,1-3H3,(H,35,42)(H,36,44)(H3,33,37,46)/b34-16-/t22-,25-/m0/s1. The molecule has 0 saturated carbocycles. The Hall–Kier alpha value is -5.63. The molecule has 1 heterocycles. The van der Waals surface area contributed by atoms with E-state index in [0.29, 0.717) is 16.6 Å². The Labute approximate surface area is 265 Å². The molecule has 0 bridgehead atoms. The second-order valence-corrected chi connectivity index (χ2v) is 11.0. The molecule has 6 amide bonds. The maximum Gasteiger partial charge on any atom is 0.332 e. The number of hydrogen-bond donors (Lipinski definition) is 4. The van der Waals surface area contributed by atoms with Gasteiger partial charge in [0.1, 0.15) is 18.4 Å². The number of carbonyl (C=O) groups excluding carboxylic acids is 6. The van der Waals surface area contributed by atoms with E-state index >= 15 is 0 Å². The van der Waals surface area contributed by atoms with Crippen LogP contribution in [0.2, 0.25) is 0 Å². The van der Waals surface area contributed by atoms with Gasteiger partial charge in [-0.1, -0.05) is 48.5 Å². The molecule has 1 aliphatic rings. The summed E-state index contributed by atoms with van der Waals surface area (Å²) in [5.74, 6) is -2.39. The lowest BCUT2D eigenvalue weighted by Gasteiger charge is -2.26. The first-order chi connectivity index (χ1) is 21.9. The minimum absolute atomic E-state index is 0.0262. The number of hydrazone groups is 1. The number of fused-ring (bicyclic) bond motifs is 2. The van der Waals surface area contributed by atoms with E-state index in [2.05, 4.69) is 15.7 Å². The maximum atomic E-state index is 14.2. The first-order valence-electron chi connectivity index (χ1n) is 14.5. The van der Waals surface area contributed by atoms with Crippen LogP contribution < -0.4 is 31.6 Å². The Kier molecular flexibility index (Phi) is 10.8. The van der Waals surface area contributed by atoms with Crippen LogP contribution in [0.25, 0.3) is 10.8 Å². The number of ketones is 1. The number of rotatable bonds is 11. The zero-order valence-corrected chi connectivity index (χ0v) is 25.7. The summed E-state index contributed by atoms with van der Waals surface area (Å²) < 4.78 is 0. The number of amides is 6. The van der Waals surface area contributed by atoms with Crippen molar-refractivity contribution in [2.24, 2.45) is 10.8 Å². The summed E-state index contributed by atoms with van der Waals surface area (Å²) in [6, 6.07) is 16.2. The fraction of sp³-hybridized carbons (Fsp3) is 0.281. The quantitative estimate of drug-likeness (QED) is 0.180. The predicted molar refractivity (Wildman–Crippen MR) is 173 cm³/mol. The minimum Gasteiger partial charge on any atom is -0.350 e. The van der Waals surface area contributed by atoms with Crippen LogP contribution in [0.3, 0.4) is 0 Å². The van der Waals surface area contributed by atoms with E-state index in [1.165, 1.54) is 16.7 Å². The molecule has 0 unspecified atom stereocenters. The van der Waals surface area contributed by atoms with Gasteiger partial charge in [0.05, 0.1) is 30.5 Å². The summed E-state index contributed by atoms with van der Waals surface area (Å²) >= 11 is 0. The molecule has 0 fully saturated rings. The summed E-state index contributed by atoms with van der Waals surface area (Å²) in [5.41, 5.74) is 8.05. The Morgan fingerprint density at radius 3 is 2.37 bits per heavy atom. The van der Waals surface area contributed by atoms with Crippen molar-refractivity contribution < 1.29 is 28.8 Å². The first kappa shape index (κ1) is 33.3. The fourth-order valence-electron chi connectivity index (χ4n) is 5.15. The third-order valence-electron chi connectivity index (χ3n) is 7.07. The lowest BCUT2D eigenvalue weighted by Crippen LogP contribution is -2.55. The van der Waals surface area contributed by atoms with Crippen LogP contribution >= 0.6 is 0 Å². The second kappa shape index (κ2) is 14.9. The highest BCUT2D eigenvalue weighted by Crippen LogP contribution is 2.33. The van der Waals surface area contributed by atoms with E-state index in [1.54, 1.807) is 61.5 Å². The predicted octanol–water partition coefficient (Wildman–Crippen LogP) is 0.998. The van der Waals surface area contributed by atoms with Crippen LogP contribution in [0.1, 0.15) is 23.7 Å². The summed E-state index contributed by atoms with van der Waals surface area (Å²) in [7, 11) is 3.48. The number of hydrogen-bond acceptors (Lipinski definition) is 8. The highest BCUT2D eigenvalue weighted by molar-refractivity contribution is 6.13. The van der Waals surface area contributed by atoms with Crippen LogP contribution in [-0.2, 0) is 19.2 Å². The van der Waals surface area contributed by atoms with Gasteiger partial charge in [-0.15, -0.1) is 0 Å². The van der Waals surface area contributed by atoms with E-state index < -0.39 is 42.4 Å². The molecule has 3 aromatic carbocycles. The van der Waals surface area contributed by atoms with Crippen LogP contribution in [0, 0.1) is 0 Å². The van der Waals surface area contributed by atoms with Gasteiger partial charge < -0.3 is 26.2 Å². The van der Waals surface area contributed by atoms with E-state index in [-0.39, 0.29) is 36.9 Å². The number of para-hydroxylation sites is 2. The van der Waals surface area contributed by atoms with Crippen LogP contribution in [0.4, 0.5) is 16.2 Å². The average molecular weight is 629 g/mol. The van der Waals surface area contributed by atoms with Crippen LogP contribution in [-0.4, -0.2) is 92.4 Å². The third kappa shape index (κ3) is 8.30. The molecule has 46 heavy (non-hydrogen) atoms. The highest BCUT2D eigenvalue weighted by atomic mass is 16.2. The van der Waals surface area contributed by atoms with Crippen molar-refractivity contribution in [2.75, 3.05) is 43.5 Å². The SMILES string of the molecule is CC(=O)C[C@@H](/C=N\NC(N)=O)NC(=O)CN1C(=O)[C@@H](NC(=O)c2cccc3ccccc23)CN(C(=O)CN(C)C)c2ccccc21. The van der Waals surface area contributed by atoms with Crippen molar-refractivity contribution in [3.63, 3.8) is 0 Å². The molecule has 1 aliphatic heterocycles. The number of primary amides is 1. The molecule has 14 nitrogen and oxygen atoms in total. The number of Topliss-reactive ketones (excluding diaryl/α,β-unsaturated/α-hetero) is 1. The number of nitrogens with one attached hydrogen (secondary N) is 3. The number of urea groups is 1. The molecule has 240 valence electrons. The Balaban J connectivity index is 1.69. The monoisotopic (exact) mass is 628 g/mol. The number of nitrogens with zero attached hydrogens (tertiary/aromatic N) is 4. The molecular weight excluding hydrogens is 592 g/mol. The van der Waals surface area contributed by atoms with E-state index in [0.717, 1.165) is 11.6 Å². The first-order valence-corrected chi connectivity index (χ1v) is 14.5. The third-order valence-corrected chi connectivity index (χ3v) is 7.07. The second-order valence-electron chi connectivity index (χ2n) is 11.0. The van der Waals surface area contributed by atoms with Crippen molar-refractivity contribution in [1.82, 2.24) is 21.0 Å². The summed E-state index contributed by atoms with van der Waals surface area (Å²) in [4.78, 5) is 81.9. The van der Waals surface area contributed by atoms with Gasteiger partial charge in [-0.05, 0) is 50.0 Å². The van der Waals surface area contributed by atoms with Crippen molar-refractivity contribution in [2.45, 2.75) is 25.4 Å². The van der Waals surface area contributed by atoms with Gasteiger partial charge in [-0.2, -0.15) is 5.10 Å². The van der Waals surface area contributed by atoms with E-state index in [1.807, 2.05) is 29.7 Å². The zero-order chi connectivity index (χ0) is 33.4. The Bertz CT molecular complexity index is 1680. The summed E-state index contributed by atoms with van der Waals surface area (Å²) in [6.45, 7) is 0.650. The van der Waals surface area contributed by atoms with Gasteiger partial charge in [0.25, 0.3) is 11.8 Å². The number of benzene rings is 3. The van der Waals surface area contributed by atoms with E-state index in [4.69, 9.17) is 5.73 Å². The molecule has 0 radical (unpaired) electrons. The average Bonchev–Trinajstić information content (AvgIpc) is 3.10. The molecule has 5 N–H and O–H groups in total. The van der Waals surface area contributed by atoms with Gasteiger partial charge in [-0.3, -0.25) is 28.9 Å². The number of carbonyl (C=O) groups is 6. The van der Waals surface area contributed by atoms with Crippen LogP contribution in [0.5, 0.6) is 0 Å². The molecular formula is C32H36N8O6. The largest absolute Gasteiger partial charge is 0.350 e. The topological polar surface area (TPSA) is 187 Å². The minimum atomic E-state index is -1.23. The lowest BCUT2D eigenvalue weighted by atomic mass is 10.0. The van der Waals surface area contributed by atoms with Gasteiger partial charge in [-0.25, -0.2) is 10.2 Å². The van der Waals surface area contributed by atoms with Crippen molar-refractivity contribution in [3.8, 4) is 0 Å². The molecule has 0 spiro atoms. The maximum absolute atomic E-state index is 14.2. The molecule has 0 aliphatic carbocycles. The Morgan fingerprint density at radius 2 is 1.67 bits per heavy atom. The summed E-state index contributed by atoms with van der Waals surface area (Å²) in [5, 5.41) is 10.6. The van der Waals surface area contributed by atoms with Gasteiger partial charge in [0.15, 0.2) is 0 Å². The molecule has 2 atom stereocenters.